The summed E-state index contributed by atoms with van der Waals surface area (Å²) in [5, 5.41) is 0. The smallest absolute Gasteiger partial charge is 0.331 e. The largest absolute Gasteiger partial charge is 0.458 e. The van der Waals surface area contributed by atoms with Gasteiger partial charge in [0.05, 0.1) is 0 Å². The molecule has 0 N–H and O–H groups in total. The molecule has 0 aliphatic carbocycles. The Kier molecular flexibility index (Phi) is 8.06. The highest BCUT2D eigenvalue weighted by molar-refractivity contribution is 6.68. The van der Waals surface area contributed by atoms with E-state index in [0.29, 0.717) is 0 Å². The summed E-state index contributed by atoms with van der Waals surface area (Å²) in [6.07, 6.45) is 1.58. The van der Waals surface area contributed by atoms with Gasteiger partial charge >= 0.3 is 11.9 Å². The first-order valence-electron chi connectivity index (χ1n) is 4.15. The van der Waals surface area contributed by atoms with E-state index in [0.717, 1.165) is 12.2 Å². The fourth-order valence-corrected chi connectivity index (χ4v) is 0.866. The van der Waals surface area contributed by atoms with E-state index >= 15 is 0 Å². The van der Waals surface area contributed by atoms with Crippen molar-refractivity contribution in [1.82, 2.24) is 0 Å². The van der Waals surface area contributed by atoms with Gasteiger partial charge in [0.1, 0.15) is 13.2 Å². The van der Waals surface area contributed by atoms with E-state index in [4.69, 9.17) is 69.6 Å². The molecule has 0 unspecified atom stereocenters. The van der Waals surface area contributed by atoms with E-state index in [1.54, 1.807) is 0 Å². The van der Waals surface area contributed by atoms with Crippen LogP contribution in [0.3, 0.4) is 0 Å². The van der Waals surface area contributed by atoms with E-state index < -0.39 is 32.7 Å². The molecule has 0 aliphatic rings. The van der Waals surface area contributed by atoms with Crippen LogP contribution in [0.25, 0.3) is 0 Å². The molecule has 104 valence electrons. The number of halogens is 6. The zero-order chi connectivity index (χ0) is 14.4. The fourth-order valence-electron chi connectivity index (χ4n) is 0.538. The summed E-state index contributed by atoms with van der Waals surface area (Å²) in [4.78, 5) is 22.0. The number of hydrogen-bond acceptors (Lipinski definition) is 4. The minimum atomic E-state index is -1.72. The minimum Gasteiger partial charge on any atom is -0.458 e. The third kappa shape index (κ3) is 12.9. The molecule has 0 rings (SSSR count). The van der Waals surface area contributed by atoms with Gasteiger partial charge in [0.15, 0.2) is 0 Å². The van der Waals surface area contributed by atoms with Crippen molar-refractivity contribution in [3.63, 3.8) is 0 Å². The maximum absolute atomic E-state index is 11.0. The van der Waals surface area contributed by atoms with Crippen LogP contribution in [0.5, 0.6) is 0 Å². The first-order chi connectivity index (χ1) is 7.99. The first kappa shape index (κ1) is 18.4. The molecule has 0 aliphatic heterocycles. The normalized spacial score (nSPS) is 12.6. The first-order valence-corrected chi connectivity index (χ1v) is 6.41. The highest BCUT2D eigenvalue weighted by Crippen LogP contribution is 2.26. The maximum Gasteiger partial charge on any atom is 0.331 e. The molecule has 0 atom stereocenters. The van der Waals surface area contributed by atoms with Crippen molar-refractivity contribution in [1.29, 1.82) is 0 Å². The Morgan fingerprint density at radius 2 is 1.06 bits per heavy atom. The summed E-state index contributed by atoms with van der Waals surface area (Å²) in [5.41, 5.74) is 0. The molecular formula is C8H6Cl6O4. The van der Waals surface area contributed by atoms with E-state index in [9.17, 15) is 9.59 Å². The molecule has 4 nitrogen and oxygen atoms in total. The van der Waals surface area contributed by atoms with Crippen LogP contribution < -0.4 is 0 Å². The summed E-state index contributed by atoms with van der Waals surface area (Å²) in [6, 6.07) is 0. The molecule has 0 bridgehead atoms. The van der Waals surface area contributed by atoms with E-state index in [-0.39, 0.29) is 0 Å². The molecule has 0 amide bonds. The zero-order valence-corrected chi connectivity index (χ0v) is 13.0. The Balaban J connectivity index is 4.00. The van der Waals surface area contributed by atoms with Crippen LogP contribution in [0.4, 0.5) is 0 Å². The molecule has 0 saturated heterocycles. The van der Waals surface area contributed by atoms with Crippen LogP contribution in [-0.2, 0) is 19.1 Å². The lowest BCUT2D eigenvalue weighted by Gasteiger charge is -2.10. The topological polar surface area (TPSA) is 52.6 Å². The van der Waals surface area contributed by atoms with E-state index in [1.165, 1.54) is 0 Å². The third-order valence-electron chi connectivity index (χ3n) is 1.11. The highest BCUT2D eigenvalue weighted by Gasteiger charge is 2.22. The SMILES string of the molecule is O=C(/C=C\C(=O)OCC(Cl)(Cl)Cl)OCC(Cl)(Cl)Cl. The Labute approximate surface area is 133 Å². The Morgan fingerprint density at radius 3 is 1.28 bits per heavy atom. The number of rotatable bonds is 4. The number of ether oxygens (including phenoxy) is 2. The van der Waals surface area contributed by atoms with Crippen molar-refractivity contribution in [2.24, 2.45) is 0 Å². The van der Waals surface area contributed by atoms with Crippen LogP contribution in [0.2, 0.25) is 0 Å². The van der Waals surface area contributed by atoms with Gasteiger partial charge in [-0.2, -0.15) is 0 Å². The van der Waals surface area contributed by atoms with Crippen LogP contribution in [-0.4, -0.2) is 32.7 Å². The molecular weight excluding hydrogens is 373 g/mol. The fraction of sp³-hybridized carbons (Fsp3) is 0.500. The van der Waals surface area contributed by atoms with Crippen molar-refractivity contribution >= 4 is 81.5 Å². The van der Waals surface area contributed by atoms with Crippen molar-refractivity contribution in [2.75, 3.05) is 13.2 Å². The van der Waals surface area contributed by atoms with Crippen LogP contribution in [0.15, 0.2) is 12.2 Å². The van der Waals surface area contributed by atoms with Crippen LogP contribution in [0, 0.1) is 0 Å². The second-order valence-electron chi connectivity index (χ2n) is 2.78. The predicted molar refractivity (Wildman–Crippen MR) is 71.6 cm³/mol. The quantitative estimate of drug-likeness (QED) is 0.427. The van der Waals surface area contributed by atoms with Gasteiger partial charge in [-0.05, 0) is 0 Å². The summed E-state index contributed by atoms with van der Waals surface area (Å²) < 4.78 is 5.54. The number of hydrogen-bond donors (Lipinski definition) is 0. The van der Waals surface area contributed by atoms with Crippen molar-refractivity contribution in [3.05, 3.63) is 12.2 Å². The summed E-state index contributed by atoms with van der Waals surface area (Å²) >= 11 is 32.0. The number of carbonyl (C=O) groups is 2. The molecule has 0 aromatic rings. The molecule has 0 aromatic heterocycles. The van der Waals surface area contributed by atoms with Crippen LogP contribution >= 0.6 is 69.6 Å². The Bertz CT molecular complexity index is 297. The lowest BCUT2D eigenvalue weighted by Crippen LogP contribution is -2.17. The molecule has 10 heteroatoms. The number of alkyl halides is 6. The average Bonchev–Trinajstić information content (AvgIpc) is 2.18. The average molecular weight is 379 g/mol. The van der Waals surface area contributed by atoms with Gasteiger partial charge in [-0.15, -0.1) is 0 Å². The monoisotopic (exact) mass is 376 g/mol. The van der Waals surface area contributed by atoms with Gasteiger partial charge < -0.3 is 9.47 Å². The Morgan fingerprint density at radius 1 is 0.778 bits per heavy atom. The Hall–Kier alpha value is 0.420. The van der Waals surface area contributed by atoms with Gasteiger partial charge in [-0.1, -0.05) is 69.6 Å². The van der Waals surface area contributed by atoms with Crippen LogP contribution in [0.1, 0.15) is 0 Å². The standard InChI is InChI=1S/C8H6Cl6O4/c9-7(10,11)3-17-5(15)1-2-6(16)18-4-8(12,13)14/h1-2H,3-4H2/b2-1-. The van der Waals surface area contributed by atoms with Crippen molar-refractivity contribution in [2.45, 2.75) is 7.59 Å². The van der Waals surface area contributed by atoms with Crippen molar-refractivity contribution < 1.29 is 19.1 Å². The molecule has 0 heterocycles. The van der Waals surface area contributed by atoms with E-state index in [1.807, 2.05) is 0 Å². The van der Waals surface area contributed by atoms with E-state index in [2.05, 4.69) is 9.47 Å². The number of carbonyl (C=O) groups excluding carboxylic acids is 2. The lowest BCUT2D eigenvalue weighted by molar-refractivity contribution is -0.140. The highest BCUT2D eigenvalue weighted by atomic mass is 35.6. The second kappa shape index (κ2) is 7.88. The summed E-state index contributed by atoms with van der Waals surface area (Å²) in [6.45, 7) is -0.909. The third-order valence-corrected chi connectivity index (χ3v) is 1.77. The minimum absolute atomic E-state index is 0.454. The predicted octanol–water partition coefficient (Wildman–Crippen LogP) is 3.37. The van der Waals surface area contributed by atoms with Gasteiger partial charge in [0, 0.05) is 12.2 Å². The zero-order valence-electron chi connectivity index (χ0n) is 8.47. The molecule has 0 aromatic carbocycles. The lowest BCUT2D eigenvalue weighted by atomic mass is 10.5. The van der Waals surface area contributed by atoms with Gasteiger partial charge in [-0.3, -0.25) is 0 Å². The molecule has 0 saturated carbocycles. The summed E-state index contributed by atoms with van der Waals surface area (Å²) in [5.74, 6) is -1.76. The molecule has 0 spiro atoms. The number of esters is 2. The second-order valence-corrected chi connectivity index (χ2v) is 7.81. The molecule has 18 heavy (non-hydrogen) atoms. The summed E-state index contributed by atoms with van der Waals surface area (Å²) in [7, 11) is 0. The van der Waals surface area contributed by atoms with Gasteiger partial charge in [0.25, 0.3) is 0 Å². The molecule has 0 fully saturated rings. The van der Waals surface area contributed by atoms with Gasteiger partial charge in [0.2, 0.25) is 7.59 Å². The van der Waals surface area contributed by atoms with Gasteiger partial charge in [-0.25, -0.2) is 9.59 Å². The molecule has 0 radical (unpaired) electrons. The maximum atomic E-state index is 11.0. The van der Waals surface area contributed by atoms with Crippen molar-refractivity contribution in [3.8, 4) is 0 Å².